The van der Waals surface area contributed by atoms with Crippen LogP contribution in [0.2, 0.25) is 0 Å². The second kappa shape index (κ2) is 8.19. The van der Waals surface area contributed by atoms with E-state index < -0.39 is 0 Å². The first-order valence-electron chi connectivity index (χ1n) is 8.35. The van der Waals surface area contributed by atoms with Crippen molar-refractivity contribution in [1.82, 2.24) is 15.0 Å². The van der Waals surface area contributed by atoms with Gasteiger partial charge in [-0.3, -0.25) is 4.79 Å². The standard InChI is InChI=1S/C20H21N3O2S/c1-14-18(15(2)25-22-14)13-26-19-17(10-7-11-21-19)20(24)23(3)12-16-8-5-4-6-9-16/h4-11H,12-13H2,1-3H3. The Hall–Kier alpha value is -2.60. The molecule has 134 valence electrons. The van der Waals surface area contributed by atoms with Crippen molar-refractivity contribution in [3.05, 3.63) is 76.8 Å². The average Bonchev–Trinajstić information content (AvgIpc) is 2.98. The van der Waals surface area contributed by atoms with Crippen LogP contribution in [0.25, 0.3) is 0 Å². The van der Waals surface area contributed by atoms with Crippen molar-refractivity contribution in [2.75, 3.05) is 7.05 Å². The molecule has 3 rings (SSSR count). The van der Waals surface area contributed by atoms with Crippen LogP contribution in [0.5, 0.6) is 0 Å². The molecule has 0 aliphatic rings. The van der Waals surface area contributed by atoms with Gasteiger partial charge in [0.25, 0.3) is 5.91 Å². The summed E-state index contributed by atoms with van der Waals surface area (Å²) in [6.07, 6.45) is 1.71. The largest absolute Gasteiger partial charge is 0.361 e. The Bertz CT molecular complexity index is 874. The van der Waals surface area contributed by atoms with Crippen molar-refractivity contribution in [2.24, 2.45) is 0 Å². The third-order valence-corrected chi connectivity index (χ3v) is 5.18. The van der Waals surface area contributed by atoms with E-state index in [0.717, 1.165) is 27.6 Å². The number of carbonyl (C=O) groups is 1. The molecule has 2 heterocycles. The van der Waals surface area contributed by atoms with Gasteiger partial charge in [0.15, 0.2) is 0 Å². The summed E-state index contributed by atoms with van der Waals surface area (Å²) in [6, 6.07) is 13.6. The number of hydrogen-bond donors (Lipinski definition) is 0. The highest BCUT2D eigenvalue weighted by molar-refractivity contribution is 7.98. The number of aryl methyl sites for hydroxylation is 2. The lowest BCUT2D eigenvalue weighted by Gasteiger charge is -2.18. The number of nitrogens with zero attached hydrogens (tertiary/aromatic N) is 3. The number of rotatable bonds is 6. The minimum atomic E-state index is -0.0387. The summed E-state index contributed by atoms with van der Waals surface area (Å²) in [7, 11) is 1.81. The van der Waals surface area contributed by atoms with E-state index in [1.54, 1.807) is 17.2 Å². The molecule has 0 saturated carbocycles. The zero-order chi connectivity index (χ0) is 18.5. The molecule has 26 heavy (non-hydrogen) atoms. The summed E-state index contributed by atoms with van der Waals surface area (Å²) in [5, 5.41) is 4.70. The van der Waals surface area contributed by atoms with Gasteiger partial charge in [-0.2, -0.15) is 0 Å². The maximum Gasteiger partial charge on any atom is 0.256 e. The zero-order valence-electron chi connectivity index (χ0n) is 15.1. The molecule has 0 radical (unpaired) electrons. The molecular weight excluding hydrogens is 346 g/mol. The quantitative estimate of drug-likeness (QED) is 0.610. The third kappa shape index (κ3) is 4.14. The van der Waals surface area contributed by atoms with Crippen molar-refractivity contribution in [3.63, 3.8) is 0 Å². The predicted octanol–water partition coefficient (Wildman–Crippen LogP) is 4.25. The highest BCUT2D eigenvalue weighted by atomic mass is 32.2. The van der Waals surface area contributed by atoms with Crippen LogP contribution in [0.4, 0.5) is 0 Å². The fraction of sp³-hybridized carbons (Fsp3) is 0.250. The van der Waals surface area contributed by atoms with Gasteiger partial charge in [-0.15, -0.1) is 11.8 Å². The molecule has 1 aromatic carbocycles. The highest BCUT2D eigenvalue weighted by Gasteiger charge is 2.18. The van der Waals surface area contributed by atoms with Crippen molar-refractivity contribution in [3.8, 4) is 0 Å². The second-order valence-corrected chi connectivity index (χ2v) is 7.06. The molecule has 1 amide bonds. The number of hydrogen-bond acceptors (Lipinski definition) is 5. The molecule has 2 aromatic heterocycles. The number of benzene rings is 1. The van der Waals surface area contributed by atoms with Crippen LogP contribution < -0.4 is 0 Å². The van der Waals surface area contributed by atoms with Crippen LogP contribution in [0.1, 0.15) is 32.9 Å². The van der Waals surface area contributed by atoms with E-state index in [0.29, 0.717) is 17.9 Å². The summed E-state index contributed by atoms with van der Waals surface area (Å²) >= 11 is 1.53. The van der Waals surface area contributed by atoms with Crippen molar-refractivity contribution in [1.29, 1.82) is 0 Å². The molecular formula is C20H21N3O2S. The molecule has 0 bridgehead atoms. The van der Waals surface area contributed by atoms with Gasteiger partial charge in [-0.1, -0.05) is 35.5 Å². The molecule has 0 saturated heterocycles. The molecule has 0 aliphatic heterocycles. The first-order valence-corrected chi connectivity index (χ1v) is 9.33. The fourth-order valence-corrected chi connectivity index (χ4v) is 3.79. The van der Waals surface area contributed by atoms with Gasteiger partial charge >= 0.3 is 0 Å². The Kier molecular flexibility index (Phi) is 5.73. The Morgan fingerprint density at radius 1 is 1.15 bits per heavy atom. The second-order valence-electron chi connectivity index (χ2n) is 6.09. The first kappa shape index (κ1) is 18.2. The van der Waals surface area contributed by atoms with Gasteiger partial charge in [0.1, 0.15) is 10.8 Å². The monoisotopic (exact) mass is 367 g/mol. The lowest BCUT2D eigenvalue weighted by molar-refractivity contribution is 0.0781. The lowest BCUT2D eigenvalue weighted by atomic mass is 10.2. The topological polar surface area (TPSA) is 59.2 Å². The van der Waals surface area contributed by atoms with Crippen LogP contribution in [0.3, 0.4) is 0 Å². The normalized spacial score (nSPS) is 10.7. The summed E-state index contributed by atoms with van der Waals surface area (Å²) in [5.74, 6) is 1.43. The smallest absolute Gasteiger partial charge is 0.256 e. The summed E-state index contributed by atoms with van der Waals surface area (Å²) < 4.78 is 5.21. The lowest BCUT2D eigenvalue weighted by Crippen LogP contribution is -2.26. The first-order chi connectivity index (χ1) is 12.6. The van der Waals surface area contributed by atoms with Gasteiger partial charge in [-0.25, -0.2) is 4.98 Å². The van der Waals surface area contributed by atoms with Gasteiger partial charge in [0.05, 0.1) is 11.3 Å². The van der Waals surface area contributed by atoms with E-state index in [1.807, 2.05) is 57.3 Å². The van der Waals surface area contributed by atoms with Crippen LogP contribution in [0.15, 0.2) is 58.2 Å². The molecule has 0 N–H and O–H groups in total. The van der Waals surface area contributed by atoms with Crippen molar-refractivity contribution >= 4 is 17.7 Å². The molecule has 5 nitrogen and oxygen atoms in total. The molecule has 0 aliphatic carbocycles. The molecule has 0 unspecified atom stereocenters. The number of amides is 1. The van der Waals surface area contributed by atoms with Crippen molar-refractivity contribution in [2.45, 2.75) is 31.2 Å². The van der Waals surface area contributed by atoms with Crippen molar-refractivity contribution < 1.29 is 9.32 Å². The molecule has 0 spiro atoms. The zero-order valence-corrected chi connectivity index (χ0v) is 15.9. The predicted molar refractivity (Wildman–Crippen MR) is 102 cm³/mol. The number of pyridine rings is 1. The van der Waals surface area contributed by atoms with E-state index in [2.05, 4.69) is 10.1 Å². The molecule has 0 atom stereocenters. The Morgan fingerprint density at radius 3 is 2.62 bits per heavy atom. The Labute approximate surface area is 157 Å². The van der Waals surface area contributed by atoms with Crippen LogP contribution in [0, 0.1) is 13.8 Å². The Balaban J connectivity index is 1.74. The fourth-order valence-electron chi connectivity index (χ4n) is 2.65. The number of thioether (sulfide) groups is 1. The highest BCUT2D eigenvalue weighted by Crippen LogP contribution is 2.27. The molecule has 3 aromatic rings. The minimum Gasteiger partial charge on any atom is -0.361 e. The van der Waals surface area contributed by atoms with Gasteiger partial charge in [0.2, 0.25) is 0 Å². The van der Waals surface area contributed by atoms with Crippen LogP contribution >= 0.6 is 11.8 Å². The van der Waals surface area contributed by atoms with E-state index in [4.69, 9.17) is 4.52 Å². The summed E-state index contributed by atoms with van der Waals surface area (Å²) in [4.78, 5) is 19.0. The van der Waals surface area contributed by atoms with Gasteiger partial charge in [-0.05, 0) is 31.5 Å². The maximum atomic E-state index is 12.9. The van der Waals surface area contributed by atoms with Gasteiger partial charge < -0.3 is 9.42 Å². The van der Waals surface area contributed by atoms with E-state index in [9.17, 15) is 4.79 Å². The van der Waals surface area contributed by atoms with E-state index in [1.165, 1.54) is 11.8 Å². The van der Waals surface area contributed by atoms with Crippen LogP contribution in [-0.4, -0.2) is 28.0 Å². The molecule has 6 heteroatoms. The van der Waals surface area contributed by atoms with E-state index in [-0.39, 0.29) is 5.91 Å². The minimum absolute atomic E-state index is 0.0387. The summed E-state index contributed by atoms with van der Waals surface area (Å²) in [5.41, 5.74) is 3.64. The number of aromatic nitrogens is 2. The summed E-state index contributed by atoms with van der Waals surface area (Å²) in [6.45, 7) is 4.38. The maximum absolute atomic E-state index is 12.9. The number of carbonyl (C=O) groups excluding carboxylic acids is 1. The Morgan fingerprint density at radius 2 is 1.92 bits per heavy atom. The average molecular weight is 367 g/mol. The van der Waals surface area contributed by atoms with Crippen LogP contribution in [-0.2, 0) is 12.3 Å². The molecule has 0 fully saturated rings. The van der Waals surface area contributed by atoms with E-state index >= 15 is 0 Å². The van der Waals surface area contributed by atoms with Gasteiger partial charge in [0, 0.05) is 31.1 Å². The SMILES string of the molecule is Cc1noc(C)c1CSc1ncccc1C(=O)N(C)Cc1ccccc1. The third-order valence-electron chi connectivity index (χ3n) is 4.15.